The molecule has 0 saturated heterocycles. The van der Waals surface area contributed by atoms with Crippen LogP contribution in [0.3, 0.4) is 0 Å². The molecule has 29 heavy (non-hydrogen) atoms. The van der Waals surface area contributed by atoms with Gasteiger partial charge in [-0.2, -0.15) is 0 Å². The molecular formula is C23H17ClN2O3. The van der Waals surface area contributed by atoms with E-state index in [1.54, 1.807) is 55.0 Å². The van der Waals surface area contributed by atoms with Gasteiger partial charge < -0.3 is 13.7 Å². The van der Waals surface area contributed by atoms with Gasteiger partial charge in [-0.3, -0.25) is 4.79 Å². The summed E-state index contributed by atoms with van der Waals surface area (Å²) >= 11 is 6.07. The van der Waals surface area contributed by atoms with Crippen LogP contribution in [0, 0.1) is 0 Å². The Morgan fingerprint density at radius 1 is 1.10 bits per heavy atom. The molecular weight excluding hydrogens is 388 g/mol. The average molecular weight is 405 g/mol. The Morgan fingerprint density at radius 2 is 1.93 bits per heavy atom. The number of hydrogen-bond acceptors (Lipinski definition) is 4. The Kier molecular flexibility index (Phi) is 5.59. The second-order valence-electron chi connectivity index (χ2n) is 6.24. The molecule has 5 nitrogen and oxygen atoms in total. The van der Waals surface area contributed by atoms with Crippen LogP contribution in [0.25, 0.3) is 11.8 Å². The zero-order chi connectivity index (χ0) is 20.1. The van der Waals surface area contributed by atoms with Gasteiger partial charge >= 0.3 is 0 Å². The number of allylic oxidation sites excluding steroid dienone is 1. The third kappa shape index (κ3) is 4.65. The summed E-state index contributed by atoms with van der Waals surface area (Å²) in [5.41, 5.74) is 1.54. The van der Waals surface area contributed by atoms with E-state index < -0.39 is 0 Å². The first-order valence-corrected chi connectivity index (χ1v) is 9.34. The molecule has 144 valence electrons. The lowest BCUT2D eigenvalue weighted by molar-refractivity contribution is 0.104. The molecule has 4 aromatic rings. The number of rotatable bonds is 7. The van der Waals surface area contributed by atoms with Gasteiger partial charge in [-0.05, 0) is 60.7 Å². The largest absolute Gasteiger partial charge is 0.484 e. The number of aromatic nitrogens is 2. The molecule has 0 amide bonds. The van der Waals surface area contributed by atoms with E-state index in [1.807, 2.05) is 35.0 Å². The summed E-state index contributed by atoms with van der Waals surface area (Å²) in [7, 11) is 0. The van der Waals surface area contributed by atoms with Crippen molar-refractivity contribution < 1.29 is 13.9 Å². The summed E-state index contributed by atoms with van der Waals surface area (Å²) in [5, 5.41) is 0.545. The topological polar surface area (TPSA) is 57.3 Å². The highest BCUT2D eigenvalue weighted by atomic mass is 35.5. The number of benzene rings is 2. The van der Waals surface area contributed by atoms with E-state index >= 15 is 0 Å². The van der Waals surface area contributed by atoms with Crippen molar-refractivity contribution in [2.45, 2.75) is 6.61 Å². The molecule has 0 fully saturated rings. The summed E-state index contributed by atoms with van der Waals surface area (Å²) < 4.78 is 13.2. The SMILES string of the molecule is O=C(/C=C/c1ccc(COc2ccccc2Cl)o1)c1ccc(-n2ccnc2)cc1. The van der Waals surface area contributed by atoms with E-state index in [0.717, 1.165) is 5.69 Å². The number of carbonyl (C=O) groups is 1. The van der Waals surface area contributed by atoms with Crippen molar-refractivity contribution in [3.05, 3.63) is 108 Å². The van der Waals surface area contributed by atoms with Crippen LogP contribution in [0.1, 0.15) is 21.9 Å². The van der Waals surface area contributed by atoms with Crippen LogP contribution in [-0.4, -0.2) is 15.3 Å². The minimum absolute atomic E-state index is 0.104. The lowest BCUT2D eigenvalue weighted by atomic mass is 10.1. The Hall–Kier alpha value is -3.57. The zero-order valence-corrected chi connectivity index (χ0v) is 16.1. The molecule has 0 radical (unpaired) electrons. The van der Waals surface area contributed by atoms with Gasteiger partial charge in [0.1, 0.15) is 23.9 Å². The van der Waals surface area contributed by atoms with Gasteiger partial charge in [-0.1, -0.05) is 23.7 Å². The van der Waals surface area contributed by atoms with E-state index in [0.29, 0.717) is 27.9 Å². The van der Waals surface area contributed by atoms with E-state index in [1.165, 1.54) is 6.08 Å². The molecule has 0 saturated carbocycles. The van der Waals surface area contributed by atoms with Crippen molar-refractivity contribution >= 4 is 23.5 Å². The minimum atomic E-state index is -0.104. The minimum Gasteiger partial charge on any atom is -0.484 e. The van der Waals surface area contributed by atoms with Gasteiger partial charge in [0.05, 0.1) is 11.3 Å². The summed E-state index contributed by atoms with van der Waals surface area (Å²) in [6.45, 7) is 0.251. The number of para-hydroxylation sites is 1. The zero-order valence-electron chi connectivity index (χ0n) is 15.4. The standard InChI is InChI=1S/C23H17ClN2O3/c24-21-3-1-2-4-23(21)28-15-20-10-9-19(29-20)11-12-22(27)17-5-7-18(8-6-17)26-14-13-25-16-26/h1-14,16H,15H2/b12-11+. The van der Waals surface area contributed by atoms with Crippen molar-refractivity contribution in [3.8, 4) is 11.4 Å². The highest BCUT2D eigenvalue weighted by Gasteiger charge is 2.06. The molecule has 6 heteroatoms. The monoisotopic (exact) mass is 404 g/mol. The number of hydrogen-bond donors (Lipinski definition) is 0. The van der Waals surface area contributed by atoms with Crippen LogP contribution in [0.5, 0.6) is 5.75 Å². The molecule has 0 spiro atoms. The number of imidazole rings is 1. The van der Waals surface area contributed by atoms with E-state index in [4.69, 9.17) is 20.8 Å². The van der Waals surface area contributed by atoms with E-state index in [9.17, 15) is 4.79 Å². The predicted octanol–water partition coefficient (Wildman–Crippen LogP) is 5.59. The second-order valence-corrected chi connectivity index (χ2v) is 6.64. The Morgan fingerprint density at radius 3 is 2.69 bits per heavy atom. The van der Waals surface area contributed by atoms with Crippen molar-refractivity contribution in [2.24, 2.45) is 0 Å². The van der Waals surface area contributed by atoms with Gasteiger partial charge in [-0.15, -0.1) is 0 Å². The van der Waals surface area contributed by atoms with Gasteiger partial charge in [0, 0.05) is 23.6 Å². The molecule has 4 rings (SSSR count). The normalized spacial score (nSPS) is 11.1. The molecule has 0 aliphatic heterocycles. The first-order valence-electron chi connectivity index (χ1n) is 8.96. The molecule has 0 atom stereocenters. The lowest BCUT2D eigenvalue weighted by Gasteiger charge is -2.05. The number of carbonyl (C=O) groups excluding carboxylic acids is 1. The molecule has 0 aliphatic rings. The first-order chi connectivity index (χ1) is 14.2. The van der Waals surface area contributed by atoms with Crippen molar-refractivity contribution in [1.29, 1.82) is 0 Å². The number of halogens is 1. The van der Waals surface area contributed by atoms with Gasteiger partial charge in [0.2, 0.25) is 0 Å². The van der Waals surface area contributed by atoms with Crippen LogP contribution in [0.4, 0.5) is 0 Å². The van der Waals surface area contributed by atoms with Gasteiger partial charge in [-0.25, -0.2) is 4.98 Å². The van der Waals surface area contributed by atoms with Gasteiger partial charge in [0.15, 0.2) is 5.78 Å². The maximum atomic E-state index is 12.4. The number of ketones is 1. The summed E-state index contributed by atoms with van der Waals surface area (Å²) in [6.07, 6.45) is 8.40. The second kappa shape index (κ2) is 8.63. The molecule has 2 aromatic heterocycles. The molecule has 0 aliphatic carbocycles. The highest BCUT2D eigenvalue weighted by molar-refractivity contribution is 6.32. The fourth-order valence-corrected chi connectivity index (χ4v) is 2.93. The third-order valence-corrected chi connectivity index (χ3v) is 4.55. The Bertz CT molecular complexity index is 1130. The average Bonchev–Trinajstić information content (AvgIpc) is 3.44. The van der Waals surface area contributed by atoms with Gasteiger partial charge in [0.25, 0.3) is 0 Å². The summed E-state index contributed by atoms with van der Waals surface area (Å²) in [4.78, 5) is 16.4. The third-order valence-electron chi connectivity index (χ3n) is 4.24. The molecule has 2 aromatic carbocycles. The fraction of sp³-hybridized carbons (Fsp3) is 0.0435. The smallest absolute Gasteiger partial charge is 0.185 e. The van der Waals surface area contributed by atoms with Crippen LogP contribution in [0.15, 0.2) is 89.9 Å². The summed E-state index contributed by atoms with van der Waals surface area (Å²) in [6, 6.07) is 18.2. The van der Waals surface area contributed by atoms with E-state index in [-0.39, 0.29) is 12.4 Å². The van der Waals surface area contributed by atoms with Crippen molar-refractivity contribution in [1.82, 2.24) is 9.55 Å². The van der Waals surface area contributed by atoms with Crippen LogP contribution < -0.4 is 4.74 Å². The van der Waals surface area contributed by atoms with Crippen LogP contribution in [0.2, 0.25) is 5.02 Å². The number of furan rings is 1. The maximum absolute atomic E-state index is 12.4. The number of ether oxygens (including phenoxy) is 1. The van der Waals surface area contributed by atoms with Crippen molar-refractivity contribution in [2.75, 3.05) is 0 Å². The van der Waals surface area contributed by atoms with E-state index in [2.05, 4.69) is 4.98 Å². The summed E-state index contributed by atoms with van der Waals surface area (Å²) in [5.74, 6) is 1.71. The van der Waals surface area contributed by atoms with Crippen LogP contribution >= 0.6 is 11.6 Å². The highest BCUT2D eigenvalue weighted by Crippen LogP contribution is 2.24. The Balaban J connectivity index is 1.36. The molecule has 0 unspecified atom stereocenters. The predicted molar refractivity (Wildman–Crippen MR) is 111 cm³/mol. The van der Waals surface area contributed by atoms with Crippen molar-refractivity contribution in [3.63, 3.8) is 0 Å². The lowest BCUT2D eigenvalue weighted by Crippen LogP contribution is -1.96. The molecule has 0 bridgehead atoms. The maximum Gasteiger partial charge on any atom is 0.185 e. The first kappa shape index (κ1) is 18.8. The Labute approximate surface area is 172 Å². The molecule has 0 N–H and O–H groups in total. The molecule has 2 heterocycles. The fourth-order valence-electron chi connectivity index (χ4n) is 2.74. The number of nitrogens with zero attached hydrogens (tertiary/aromatic N) is 2. The van der Waals surface area contributed by atoms with Crippen LogP contribution in [-0.2, 0) is 6.61 Å². The quantitative estimate of drug-likeness (QED) is 0.297.